The molecule has 0 aliphatic rings. The van der Waals surface area contributed by atoms with Crippen molar-refractivity contribution in [2.24, 2.45) is 0 Å². The average molecular weight is 281 g/mol. The maximum absolute atomic E-state index is 11.9. The van der Waals surface area contributed by atoms with Crippen LogP contribution in [0.2, 0.25) is 0 Å². The monoisotopic (exact) mass is 281 g/mol. The summed E-state index contributed by atoms with van der Waals surface area (Å²) in [5.74, 6) is 0.429. The third-order valence-corrected chi connectivity index (χ3v) is 3.01. The third kappa shape index (κ3) is 4.77. The van der Waals surface area contributed by atoms with Gasteiger partial charge in [0, 0.05) is 18.2 Å². The van der Waals surface area contributed by atoms with Crippen molar-refractivity contribution in [2.45, 2.75) is 46.6 Å². The first-order valence-electron chi connectivity index (χ1n) is 6.92. The normalized spacial score (nSPS) is 12.2. The zero-order chi connectivity index (χ0) is 15.1. The molecule has 2 N–H and O–H groups in total. The molecule has 0 saturated heterocycles. The lowest BCUT2D eigenvalue weighted by atomic mass is 10.1. The molecule has 112 valence electrons. The Bertz CT molecular complexity index is 511. The van der Waals surface area contributed by atoms with Gasteiger partial charge in [-0.2, -0.15) is 0 Å². The minimum absolute atomic E-state index is 0.103. The lowest BCUT2D eigenvalue weighted by Crippen LogP contribution is -2.28. The van der Waals surface area contributed by atoms with Crippen LogP contribution >= 0.6 is 0 Å². The van der Waals surface area contributed by atoms with Gasteiger partial charge in [0.1, 0.15) is 5.82 Å². The molecule has 0 amide bonds. The van der Waals surface area contributed by atoms with E-state index in [1.807, 2.05) is 13.8 Å². The number of esters is 1. The van der Waals surface area contributed by atoms with Crippen molar-refractivity contribution in [3.8, 4) is 0 Å². The second-order valence-corrected chi connectivity index (χ2v) is 4.73. The average Bonchev–Trinajstić information content (AvgIpc) is 2.33. The van der Waals surface area contributed by atoms with Gasteiger partial charge in [-0.3, -0.25) is 9.59 Å². The van der Waals surface area contributed by atoms with Crippen LogP contribution in [0.15, 0.2) is 4.79 Å². The number of aromatic amines is 1. The van der Waals surface area contributed by atoms with Gasteiger partial charge >= 0.3 is 5.97 Å². The molecule has 0 aromatic carbocycles. The Hall–Kier alpha value is -1.69. The lowest BCUT2D eigenvalue weighted by molar-refractivity contribution is -0.143. The van der Waals surface area contributed by atoms with Gasteiger partial charge in [-0.25, -0.2) is 4.98 Å². The van der Waals surface area contributed by atoms with Crippen molar-refractivity contribution >= 4 is 5.97 Å². The Morgan fingerprint density at radius 3 is 2.75 bits per heavy atom. The van der Waals surface area contributed by atoms with Gasteiger partial charge < -0.3 is 15.0 Å². The second-order valence-electron chi connectivity index (χ2n) is 4.73. The molecule has 0 bridgehead atoms. The molecule has 6 nitrogen and oxygen atoms in total. The van der Waals surface area contributed by atoms with Crippen molar-refractivity contribution in [2.75, 3.05) is 13.2 Å². The Labute approximate surface area is 119 Å². The summed E-state index contributed by atoms with van der Waals surface area (Å²) < 4.78 is 4.85. The number of hydrogen-bond acceptors (Lipinski definition) is 5. The Kier molecular flexibility index (Phi) is 6.38. The van der Waals surface area contributed by atoms with E-state index < -0.39 is 0 Å². The number of nitrogens with zero attached hydrogens (tertiary/aromatic N) is 1. The first kappa shape index (κ1) is 16.4. The molecule has 1 unspecified atom stereocenters. The highest BCUT2D eigenvalue weighted by Crippen LogP contribution is 2.10. The van der Waals surface area contributed by atoms with Crippen LogP contribution in [-0.4, -0.2) is 29.1 Å². The zero-order valence-corrected chi connectivity index (χ0v) is 12.6. The van der Waals surface area contributed by atoms with Crippen molar-refractivity contribution in [3.63, 3.8) is 0 Å². The van der Waals surface area contributed by atoms with E-state index in [0.29, 0.717) is 37.4 Å². The fraction of sp³-hybridized carbons (Fsp3) is 0.643. The van der Waals surface area contributed by atoms with Gasteiger partial charge in [0.2, 0.25) is 0 Å². The standard InChI is InChI=1S/C14H23N3O3/c1-5-20-12(18)7-6-8-15-9(2)13-10(3)16-11(4)17-14(13)19/h9,15H,5-8H2,1-4H3,(H,16,17,19). The highest BCUT2D eigenvalue weighted by Gasteiger charge is 2.14. The maximum Gasteiger partial charge on any atom is 0.305 e. The molecule has 6 heteroatoms. The molecule has 1 atom stereocenters. The number of carbonyl (C=O) groups is 1. The van der Waals surface area contributed by atoms with Crippen LogP contribution < -0.4 is 10.9 Å². The number of rotatable bonds is 7. The zero-order valence-electron chi connectivity index (χ0n) is 12.6. The highest BCUT2D eigenvalue weighted by atomic mass is 16.5. The number of hydrogen-bond donors (Lipinski definition) is 2. The number of nitrogens with one attached hydrogen (secondary N) is 2. The lowest BCUT2D eigenvalue weighted by Gasteiger charge is -2.15. The van der Waals surface area contributed by atoms with Crippen LogP contribution in [0.5, 0.6) is 0 Å². The van der Waals surface area contributed by atoms with E-state index in [4.69, 9.17) is 4.74 Å². The van der Waals surface area contributed by atoms with E-state index in [2.05, 4.69) is 15.3 Å². The number of H-pyrrole nitrogens is 1. The van der Waals surface area contributed by atoms with E-state index in [9.17, 15) is 9.59 Å². The van der Waals surface area contributed by atoms with Crippen molar-refractivity contribution in [1.29, 1.82) is 0 Å². The maximum atomic E-state index is 11.9. The number of ether oxygens (including phenoxy) is 1. The highest BCUT2D eigenvalue weighted by molar-refractivity contribution is 5.69. The Morgan fingerprint density at radius 1 is 1.45 bits per heavy atom. The molecular formula is C14H23N3O3. The van der Waals surface area contributed by atoms with Crippen LogP contribution in [-0.2, 0) is 9.53 Å². The van der Waals surface area contributed by atoms with Gasteiger partial charge in [-0.05, 0) is 40.7 Å². The minimum Gasteiger partial charge on any atom is -0.466 e. The molecule has 1 heterocycles. The molecule has 20 heavy (non-hydrogen) atoms. The van der Waals surface area contributed by atoms with Gasteiger partial charge in [0.25, 0.3) is 5.56 Å². The largest absolute Gasteiger partial charge is 0.466 e. The summed E-state index contributed by atoms with van der Waals surface area (Å²) in [7, 11) is 0. The Balaban J connectivity index is 2.50. The fourth-order valence-electron chi connectivity index (χ4n) is 2.13. The number of aryl methyl sites for hydroxylation is 2. The molecule has 0 aliphatic heterocycles. The quantitative estimate of drug-likeness (QED) is 0.582. The Morgan fingerprint density at radius 2 is 2.15 bits per heavy atom. The summed E-state index contributed by atoms with van der Waals surface area (Å²) in [6, 6.07) is -0.103. The van der Waals surface area contributed by atoms with Gasteiger partial charge in [-0.15, -0.1) is 0 Å². The van der Waals surface area contributed by atoms with Crippen LogP contribution in [0.4, 0.5) is 0 Å². The predicted octanol–water partition coefficient (Wildman–Crippen LogP) is 1.38. The molecule has 1 aromatic heterocycles. The van der Waals surface area contributed by atoms with Crippen LogP contribution in [0.25, 0.3) is 0 Å². The van der Waals surface area contributed by atoms with Crippen LogP contribution in [0, 0.1) is 13.8 Å². The third-order valence-electron chi connectivity index (χ3n) is 3.01. The van der Waals surface area contributed by atoms with Crippen molar-refractivity contribution in [1.82, 2.24) is 15.3 Å². The fourth-order valence-corrected chi connectivity index (χ4v) is 2.13. The molecule has 0 saturated carbocycles. The molecule has 0 fully saturated rings. The summed E-state index contributed by atoms with van der Waals surface area (Å²) >= 11 is 0. The van der Waals surface area contributed by atoms with Crippen molar-refractivity contribution < 1.29 is 9.53 Å². The summed E-state index contributed by atoms with van der Waals surface area (Å²) in [5, 5.41) is 3.23. The van der Waals surface area contributed by atoms with Gasteiger partial charge in [-0.1, -0.05) is 0 Å². The van der Waals surface area contributed by atoms with Crippen LogP contribution in [0.3, 0.4) is 0 Å². The molecule has 0 aliphatic carbocycles. The van der Waals surface area contributed by atoms with Crippen LogP contribution in [0.1, 0.15) is 49.8 Å². The van der Waals surface area contributed by atoms with Crippen molar-refractivity contribution in [3.05, 3.63) is 27.4 Å². The first-order valence-corrected chi connectivity index (χ1v) is 6.92. The minimum atomic E-state index is -0.187. The summed E-state index contributed by atoms with van der Waals surface area (Å²) in [5.41, 5.74) is 1.27. The molecule has 1 aromatic rings. The van der Waals surface area contributed by atoms with E-state index in [-0.39, 0.29) is 17.6 Å². The van der Waals surface area contributed by atoms with Gasteiger partial charge in [0.15, 0.2) is 0 Å². The summed E-state index contributed by atoms with van der Waals surface area (Å²) in [6.45, 7) is 8.35. The molecule has 0 radical (unpaired) electrons. The number of aromatic nitrogens is 2. The van der Waals surface area contributed by atoms with E-state index in [1.165, 1.54) is 0 Å². The topological polar surface area (TPSA) is 84.1 Å². The van der Waals surface area contributed by atoms with E-state index in [0.717, 1.165) is 5.69 Å². The smallest absolute Gasteiger partial charge is 0.305 e. The molecule has 0 spiro atoms. The predicted molar refractivity (Wildman–Crippen MR) is 76.6 cm³/mol. The summed E-state index contributed by atoms with van der Waals surface area (Å²) in [4.78, 5) is 30.1. The van der Waals surface area contributed by atoms with E-state index in [1.54, 1.807) is 13.8 Å². The van der Waals surface area contributed by atoms with E-state index >= 15 is 0 Å². The second kappa shape index (κ2) is 7.79. The number of carbonyl (C=O) groups excluding carboxylic acids is 1. The van der Waals surface area contributed by atoms with Gasteiger partial charge in [0.05, 0.1) is 12.2 Å². The summed E-state index contributed by atoms with van der Waals surface area (Å²) in [6.07, 6.45) is 1.06. The molecular weight excluding hydrogens is 258 g/mol. The first-order chi connectivity index (χ1) is 9.45. The molecule has 1 rings (SSSR count). The SMILES string of the molecule is CCOC(=O)CCCNC(C)c1c(C)nc(C)[nH]c1=O.